The molecule has 1 atom stereocenters. The summed E-state index contributed by atoms with van der Waals surface area (Å²) in [5, 5.41) is 13.6. The van der Waals surface area contributed by atoms with Crippen LogP contribution >= 0.6 is 0 Å². The number of likely N-dealkylation sites (tertiary alicyclic amines) is 1. The molecule has 0 saturated carbocycles. The van der Waals surface area contributed by atoms with E-state index in [0.717, 1.165) is 12.8 Å². The fourth-order valence-corrected chi connectivity index (χ4v) is 4.27. The van der Waals surface area contributed by atoms with Gasteiger partial charge in [0.2, 0.25) is 5.91 Å². The molecule has 1 aliphatic rings. The van der Waals surface area contributed by atoms with E-state index in [1.54, 1.807) is 58.7 Å². The number of fused-ring (bicyclic) bond motifs is 2. The Morgan fingerprint density at radius 1 is 1.29 bits per heavy atom. The average molecular weight is 416 g/mol. The first-order valence-electron chi connectivity index (χ1n) is 10.0. The Morgan fingerprint density at radius 2 is 2.13 bits per heavy atom. The van der Waals surface area contributed by atoms with Crippen molar-refractivity contribution < 1.29 is 4.79 Å². The minimum Gasteiger partial charge on any atom is -0.341 e. The van der Waals surface area contributed by atoms with Crippen LogP contribution in [0.25, 0.3) is 28.1 Å². The van der Waals surface area contributed by atoms with Gasteiger partial charge in [0.1, 0.15) is 5.52 Å². The van der Waals surface area contributed by atoms with Crippen molar-refractivity contribution in [2.24, 2.45) is 7.05 Å². The van der Waals surface area contributed by atoms with E-state index < -0.39 is 0 Å². The van der Waals surface area contributed by atoms with E-state index in [1.165, 1.54) is 4.57 Å². The Hall–Kier alpha value is -4.00. The second-order valence-electron chi connectivity index (χ2n) is 7.79. The van der Waals surface area contributed by atoms with Gasteiger partial charge in [-0.3, -0.25) is 13.9 Å². The first-order valence-corrected chi connectivity index (χ1v) is 10.0. The lowest BCUT2D eigenvalue weighted by Crippen LogP contribution is -2.42. The minimum absolute atomic E-state index is 0.00736. The number of hydrogen-bond acceptors (Lipinski definition) is 6. The number of nitrogens with zero attached hydrogens (tertiary/aromatic N) is 8. The van der Waals surface area contributed by atoms with Gasteiger partial charge in [0.15, 0.2) is 11.5 Å². The predicted molar refractivity (Wildman–Crippen MR) is 112 cm³/mol. The summed E-state index contributed by atoms with van der Waals surface area (Å²) in [5.41, 5.74) is 2.88. The number of piperidine rings is 1. The zero-order valence-electron chi connectivity index (χ0n) is 17.2. The van der Waals surface area contributed by atoms with Crippen LogP contribution in [0.2, 0.25) is 0 Å². The maximum atomic E-state index is 13.1. The second-order valence-corrected chi connectivity index (χ2v) is 7.79. The zero-order chi connectivity index (χ0) is 21.7. The number of rotatable bonds is 2. The van der Waals surface area contributed by atoms with Crippen LogP contribution in [0, 0.1) is 11.3 Å². The van der Waals surface area contributed by atoms with E-state index in [0.29, 0.717) is 46.7 Å². The van der Waals surface area contributed by atoms with Crippen LogP contribution < -0.4 is 5.69 Å². The highest BCUT2D eigenvalue weighted by Crippen LogP contribution is 2.27. The fraction of sp³-hybridized carbons (Fsp3) is 0.333. The molecule has 0 unspecified atom stereocenters. The van der Waals surface area contributed by atoms with Crippen molar-refractivity contribution >= 4 is 22.6 Å². The molecule has 0 N–H and O–H groups in total. The lowest BCUT2D eigenvalue weighted by Gasteiger charge is -2.32. The van der Waals surface area contributed by atoms with Gasteiger partial charge in [0.05, 0.1) is 41.1 Å². The molecular weight excluding hydrogens is 396 g/mol. The van der Waals surface area contributed by atoms with Crippen molar-refractivity contribution in [2.45, 2.75) is 25.8 Å². The summed E-state index contributed by atoms with van der Waals surface area (Å²) in [7, 11) is 1.70. The summed E-state index contributed by atoms with van der Waals surface area (Å²) >= 11 is 0. The SMILES string of the molecule is CC(=O)N1CCC[C@H](n2c(=O)n(C)c3cnc(-c4cnn5ccc(C#N)cc45)nc32)C1. The molecule has 0 spiro atoms. The molecule has 0 aliphatic carbocycles. The van der Waals surface area contributed by atoms with Gasteiger partial charge in [-0.1, -0.05) is 0 Å². The Kier molecular flexibility index (Phi) is 4.32. The largest absolute Gasteiger partial charge is 0.341 e. The average Bonchev–Trinajstić information content (AvgIpc) is 3.32. The molecule has 1 saturated heterocycles. The molecule has 0 radical (unpaired) electrons. The van der Waals surface area contributed by atoms with Crippen LogP contribution in [-0.2, 0) is 11.8 Å². The van der Waals surface area contributed by atoms with Gasteiger partial charge >= 0.3 is 5.69 Å². The van der Waals surface area contributed by atoms with Gasteiger partial charge in [-0.15, -0.1) is 0 Å². The second kappa shape index (κ2) is 7.05. The fourth-order valence-electron chi connectivity index (χ4n) is 4.27. The number of nitriles is 1. The third-order valence-corrected chi connectivity index (χ3v) is 5.93. The molecule has 156 valence electrons. The summed E-state index contributed by atoms with van der Waals surface area (Å²) < 4.78 is 4.88. The van der Waals surface area contributed by atoms with Crippen molar-refractivity contribution in [1.29, 1.82) is 5.26 Å². The van der Waals surface area contributed by atoms with E-state index in [-0.39, 0.29) is 17.6 Å². The standard InChI is InChI=1S/C21H20N8O2/c1-13(30)27-6-3-4-15(12-27)29-20-18(26(2)21(29)31)11-23-19(25-20)16-10-24-28-7-5-14(9-22)8-17(16)28/h5,7-8,10-11,15H,3-4,6,12H2,1-2H3/t15-/m0/s1. The lowest BCUT2D eigenvalue weighted by atomic mass is 10.1. The van der Waals surface area contributed by atoms with Crippen LogP contribution in [0.4, 0.5) is 0 Å². The van der Waals surface area contributed by atoms with Crippen LogP contribution in [-0.4, -0.2) is 52.6 Å². The Balaban J connectivity index is 1.67. The molecule has 10 nitrogen and oxygen atoms in total. The third-order valence-electron chi connectivity index (χ3n) is 5.93. The van der Waals surface area contributed by atoms with Gasteiger partial charge in [-0.2, -0.15) is 10.4 Å². The van der Waals surface area contributed by atoms with Gasteiger partial charge in [0.25, 0.3) is 0 Å². The highest BCUT2D eigenvalue weighted by molar-refractivity contribution is 5.80. The summed E-state index contributed by atoms with van der Waals surface area (Å²) in [6.07, 6.45) is 6.63. The smallest absolute Gasteiger partial charge is 0.330 e. The molecule has 31 heavy (non-hydrogen) atoms. The summed E-state index contributed by atoms with van der Waals surface area (Å²) in [6, 6.07) is 5.41. The number of carbonyl (C=O) groups excluding carboxylic acids is 1. The minimum atomic E-state index is -0.177. The van der Waals surface area contributed by atoms with Crippen molar-refractivity contribution in [1.82, 2.24) is 33.6 Å². The third kappa shape index (κ3) is 2.97. The first-order chi connectivity index (χ1) is 15.0. The van der Waals surface area contributed by atoms with Crippen molar-refractivity contribution in [2.75, 3.05) is 13.1 Å². The van der Waals surface area contributed by atoms with Crippen molar-refractivity contribution in [3.8, 4) is 17.5 Å². The topological polar surface area (TPSA) is 114 Å². The maximum absolute atomic E-state index is 13.1. The van der Waals surface area contributed by atoms with Gasteiger partial charge in [-0.05, 0) is 25.0 Å². The number of carbonyl (C=O) groups is 1. The summed E-state index contributed by atoms with van der Waals surface area (Å²) in [6.45, 7) is 2.74. The number of hydrogen-bond donors (Lipinski definition) is 0. The molecule has 0 aromatic carbocycles. The van der Waals surface area contributed by atoms with Crippen molar-refractivity contribution in [3.63, 3.8) is 0 Å². The van der Waals surface area contributed by atoms with Crippen molar-refractivity contribution in [3.05, 3.63) is 46.8 Å². The first kappa shape index (κ1) is 19.0. The molecule has 1 fully saturated rings. The van der Waals surface area contributed by atoms with Gasteiger partial charge in [-0.25, -0.2) is 19.3 Å². The van der Waals surface area contributed by atoms with Crippen LogP contribution in [0.3, 0.4) is 0 Å². The van der Waals surface area contributed by atoms with E-state index >= 15 is 0 Å². The number of amides is 1. The lowest BCUT2D eigenvalue weighted by molar-refractivity contribution is -0.130. The van der Waals surface area contributed by atoms with Gasteiger partial charge < -0.3 is 4.90 Å². The van der Waals surface area contributed by atoms with Gasteiger partial charge in [0, 0.05) is 33.3 Å². The molecule has 1 amide bonds. The van der Waals surface area contributed by atoms with Crippen LogP contribution in [0.5, 0.6) is 0 Å². The molecule has 1 aliphatic heterocycles. The molecule has 4 aromatic heterocycles. The van der Waals surface area contributed by atoms with Crippen LogP contribution in [0.15, 0.2) is 35.5 Å². The Labute approximate surface area is 177 Å². The summed E-state index contributed by atoms with van der Waals surface area (Å²) in [4.78, 5) is 35.9. The van der Waals surface area contributed by atoms with Crippen LogP contribution in [0.1, 0.15) is 31.4 Å². The highest BCUT2D eigenvalue weighted by atomic mass is 16.2. The molecule has 0 bridgehead atoms. The Bertz CT molecular complexity index is 1440. The molecule has 5 heterocycles. The summed E-state index contributed by atoms with van der Waals surface area (Å²) in [5.74, 6) is 0.434. The Morgan fingerprint density at radius 3 is 2.90 bits per heavy atom. The number of pyridine rings is 1. The predicted octanol–water partition coefficient (Wildman–Crippen LogP) is 1.50. The molecular formula is C21H20N8O2. The van der Waals surface area contributed by atoms with E-state index in [9.17, 15) is 14.9 Å². The number of aryl methyl sites for hydroxylation is 1. The number of imidazole rings is 1. The van der Waals surface area contributed by atoms with E-state index in [4.69, 9.17) is 4.98 Å². The van der Waals surface area contributed by atoms with E-state index in [2.05, 4.69) is 16.2 Å². The molecule has 5 rings (SSSR count). The normalized spacial score (nSPS) is 16.7. The maximum Gasteiger partial charge on any atom is 0.330 e. The monoisotopic (exact) mass is 416 g/mol. The number of aromatic nitrogens is 6. The quantitative estimate of drug-likeness (QED) is 0.489. The molecule has 4 aromatic rings. The zero-order valence-corrected chi connectivity index (χ0v) is 17.2. The molecule has 10 heteroatoms. The van der Waals surface area contributed by atoms with E-state index in [1.807, 2.05) is 0 Å². The highest BCUT2D eigenvalue weighted by Gasteiger charge is 2.27.